The van der Waals surface area contributed by atoms with E-state index in [0.29, 0.717) is 17.9 Å². The van der Waals surface area contributed by atoms with Crippen molar-refractivity contribution in [1.29, 1.82) is 0 Å². The van der Waals surface area contributed by atoms with Gasteiger partial charge in [-0.1, -0.05) is 36.8 Å². The molecule has 0 spiro atoms. The van der Waals surface area contributed by atoms with Gasteiger partial charge in [-0.3, -0.25) is 10.1 Å². The van der Waals surface area contributed by atoms with E-state index in [1.54, 1.807) is 19.2 Å². The van der Waals surface area contributed by atoms with Gasteiger partial charge in [0.2, 0.25) is 0 Å². The van der Waals surface area contributed by atoms with Crippen LogP contribution in [-0.2, 0) is 19.7 Å². The van der Waals surface area contributed by atoms with Gasteiger partial charge in [-0.25, -0.2) is 26.6 Å². The van der Waals surface area contributed by atoms with Crippen LogP contribution in [0.1, 0.15) is 30.1 Å². The number of nitrogens with zero attached hydrogens (tertiary/aromatic N) is 2. The van der Waals surface area contributed by atoms with E-state index in [4.69, 9.17) is 4.74 Å². The van der Waals surface area contributed by atoms with E-state index in [2.05, 4.69) is 10.3 Å². The van der Waals surface area contributed by atoms with Gasteiger partial charge in [-0.2, -0.15) is 0 Å². The molecule has 1 aromatic heterocycles. The molecule has 1 aromatic carbocycles. The average molecular weight is 490 g/mol. The van der Waals surface area contributed by atoms with Crippen molar-refractivity contribution in [3.05, 3.63) is 29.8 Å². The van der Waals surface area contributed by atoms with Crippen LogP contribution in [0.5, 0.6) is 5.75 Å². The largest absolute Gasteiger partial charge is 0.414 e. The molecule has 2 rings (SSSR count). The second-order valence-corrected chi connectivity index (χ2v) is 11.9. The molecule has 1 heterocycles. The molecule has 31 heavy (non-hydrogen) atoms. The number of rotatable bonds is 8. The minimum atomic E-state index is -3.94. The van der Waals surface area contributed by atoms with E-state index >= 15 is 0 Å². The molecule has 0 aliphatic rings. The molecule has 0 radical (unpaired) electrons. The Morgan fingerprint density at radius 2 is 1.77 bits per heavy atom. The summed E-state index contributed by atoms with van der Waals surface area (Å²) in [6.45, 7) is 2.48. The van der Waals surface area contributed by atoms with Crippen LogP contribution in [0.15, 0.2) is 33.5 Å². The number of thiazole rings is 1. The lowest BCUT2D eigenvalue weighted by atomic mass is 10.2. The molecule has 0 unspecified atom stereocenters. The van der Waals surface area contributed by atoms with Crippen LogP contribution in [0.4, 0.5) is 9.93 Å². The van der Waals surface area contributed by atoms with Crippen molar-refractivity contribution < 1.29 is 31.2 Å². The Labute approximate surface area is 185 Å². The highest BCUT2D eigenvalue weighted by molar-refractivity contribution is 7.95. The first kappa shape index (κ1) is 24.8. The monoisotopic (exact) mass is 489 g/mol. The Hall–Kier alpha value is -2.51. The number of amides is 2. The van der Waals surface area contributed by atoms with Gasteiger partial charge in [0.15, 0.2) is 34.0 Å². The van der Waals surface area contributed by atoms with Crippen molar-refractivity contribution in [3.63, 3.8) is 0 Å². The number of carbonyl (C=O) groups is 2. The Kier molecular flexibility index (Phi) is 7.78. The number of aromatic nitrogens is 1. The fourth-order valence-electron chi connectivity index (χ4n) is 2.38. The van der Waals surface area contributed by atoms with Crippen LogP contribution in [0.3, 0.4) is 0 Å². The van der Waals surface area contributed by atoms with E-state index in [0.717, 1.165) is 25.4 Å². The van der Waals surface area contributed by atoms with Gasteiger partial charge >= 0.3 is 6.09 Å². The summed E-state index contributed by atoms with van der Waals surface area (Å²) in [4.78, 5) is 30.1. The SMILES string of the molecule is CCCCN(C)C(=O)Oc1ccccc1C(=O)Nc1nc(S(C)(=O)=O)c(S(C)(=O)=O)s1. The molecule has 2 aromatic rings. The molecule has 0 fully saturated rings. The molecule has 170 valence electrons. The van der Waals surface area contributed by atoms with Crippen LogP contribution < -0.4 is 10.1 Å². The van der Waals surface area contributed by atoms with Gasteiger partial charge in [0.1, 0.15) is 5.75 Å². The number of sulfone groups is 2. The fourth-order valence-corrected chi connectivity index (χ4v) is 6.28. The average Bonchev–Trinajstić information content (AvgIpc) is 3.11. The second-order valence-electron chi connectivity index (χ2n) is 6.75. The van der Waals surface area contributed by atoms with Crippen LogP contribution in [0, 0.1) is 0 Å². The first-order chi connectivity index (χ1) is 14.3. The van der Waals surface area contributed by atoms with Gasteiger partial charge in [0, 0.05) is 26.1 Å². The number of anilines is 1. The summed E-state index contributed by atoms with van der Waals surface area (Å²) >= 11 is 0.524. The molecular formula is C18H23N3O7S3. The molecule has 13 heteroatoms. The molecule has 0 aliphatic carbocycles. The Morgan fingerprint density at radius 3 is 2.32 bits per heavy atom. The number of ether oxygens (including phenoxy) is 1. The zero-order valence-electron chi connectivity index (χ0n) is 17.4. The van der Waals surface area contributed by atoms with Crippen LogP contribution in [0.2, 0.25) is 0 Å². The molecule has 1 N–H and O–H groups in total. The number of carbonyl (C=O) groups excluding carboxylic acids is 2. The van der Waals surface area contributed by atoms with E-state index in [1.807, 2.05) is 6.92 Å². The third-order valence-corrected chi connectivity index (χ3v) is 8.01. The lowest BCUT2D eigenvalue weighted by Crippen LogP contribution is -2.31. The normalized spacial score (nSPS) is 11.7. The maximum absolute atomic E-state index is 12.7. The number of benzene rings is 1. The Morgan fingerprint density at radius 1 is 1.13 bits per heavy atom. The van der Waals surface area contributed by atoms with Gasteiger partial charge in [0.05, 0.1) is 5.56 Å². The molecule has 0 saturated carbocycles. The van der Waals surface area contributed by atoms with E-state index in [-0.39, 0.29) is 16.4 Å². The van der Waals surface area contributed by atoms with E-state index < -0.39 is 40.9 Å². The highest BCUT2D eigenvalue weighted by Gasteiger charge is 2.28. The van der Waals surface area contributed by atoms with Gasteiger partial charge in [0.25, 0.3) is 5.91 Å². The smallest absolute Gasteiger partial charge is 0.409 e. The van der Waals surface area contributed by atoms with Crippen LogP contribution in [0.25, 0.3) is 0 Å². The van der Waals surface area contributed by atoms with Crippen LogP contribution in [-0.4, -0.2) is 64.8 Å². The second kappa shape index (κ2) is 9.75. The molecule has 0 atom stereocenters. The summed E-state index contributed by atoms with van der Waals surface area (Å²) in [6.07, 6.45) is 2.73. The summed E-state index contributed by atoms with van der Waals surface area (Å²) in [7, 11) is -6.25. The molecule has 2 amide bonds. The third-order valence-electron chi connectivity index (χ3n) is 3.96. The highest BCUT2D eigenvalue weighted by Crippen LogP contribution is 2.31. The zero-order chi connectivity index (χ0) is 23.4. The van der Waals surface area contributed by atoms with E-state index in [1.165, 1.54) is 17.0 Å². The summed E-state index contributed by atoms with van der Waals surface area (Å²) < 4.78 is 52.5. The van der Waals surface area contributed by atoms with E-state index in [9.17, 15) is 26.4 Å². The number of hydrogen-bond donors (Lipinski definition) is 1. The lowest BCUT2D eigenvalue weighted by Gasteiger charge is -2.17. The number of unbranched alkanes of at least 4 members (excludes halogenated alkanes) is 1. The summed E-state index contributed by atoms with van der Waals surface area (Å²) in [6, 6.07) is 5.98. The van der Waals surface area contributed by atoms with Crippen molar-refractivity contribution in [2.75, 3.05) is 31.4 Å². The molecule has 0 saturated heterocycles. The molecule has 0 aliphatic heterocycles. The topological polar surface area (TPSA) is 140 Å². The number of para-hydroxylation sites is 1. The van der Waals surface area contributed by atoms with Crippen molar-refractivity contribution >= 4 is 48.1 Å². The zero-order valence-corrected chi connectivity index (χ0v) is 19.9. The molecular weight excluding hydrogens is 466 g/mol. The number of hydrogen-bond acceptors (Lipinski definition) is 9. The maximum Gasteiger partial charge on any atom is 0.414 e. The summed E-state index contributed by atoms with van der Waals surface area (Å²) in [5.41, 5.74) is -0.00301. The van der Waals surface area contributed by atoms with Gasteiger partial charge in [-0.15, -0.1) is 0 Å². The molecule has 10 nitrogen and oxygen atoms in total. The summed E-state index contributed by atoms with van der Waals surface area (Å²) in [5.74, 6) is -0.745. The maximum atomic E-state index is 12.7. The first-order valence-electron chi connectivity index (χ1n) is 9.08. The van der Waals surface area contributed by atoms with Gasteiger partial charge < -0.3 is 9.64 Å². The Balaban J connectivity index is 2.30. The summed E-state index contributed by atoms with van der Waals surface area (Å²) in [5, 5.41) is 1.53. The minimum absolute atomic E-state index is 0.00301. The standard InChI is InChI=1S/C18H23N3O7S3/c1-5-6-11-21(2)18(23)28-13-10-8-7-9-12(13)14(22)19-17-20-15(30(3,24)25)16(29-17)31(4,26)27/h7-10H,5-6,11H2,1-4H3,(H,19,20,22). The molecule has 0 bridgehead atoms. The highest BCUT2D eigenvalue weighted by atomic mass is 32.2. The number of nitrogens with one attached hydrogen (secondary N) is 1. The van der Waals surface area contributed by atoms with Crippen LogP contribution >= 0.6 is 11.3 Å². The first-order valence-corrected chi connectivity index (χ1v) is 13.7. The van der Waals surface area contributed by atoms with Crippen molar-refractivity contribution in [2.24, 2.45) is 0 Å². The minimum Gasteiger partial charge on any atom is -0.409 e. The quantitative estimate of drug-likeness (QED) is 0.596. The van der Waals surface area contributed by atoms with Crippen molar-refractivity contribution in [1.82, 2.24) is 9.88 Å². The third kappa shape index (κ3) is 6.48. The van der Waals surface area contributed by atoms with Gasteiger partial charge in [-0.05, 0) is 18.6 Å². The predicted octanol–water partition coefficient (Wildman–Crippen LogP) is 2.43. The van der Waals surface area contributed by atoms with Crippen molar-refractivity contribution in [2.45, 2.75) is 29.0 Å². The Bertz CT molecular complexity index is 1140. The fraction of sp³-hybridized carbons (Fsp3) is 0.389. The van der Waals surface area contributed by atoms with Crippen molar-refractivity contribution in [3.8, 4) is 5.75 Å². The lowest BCUT2D eigenvalue weighted by molar-refractivity contribution is 0.102. The predicted molar refractivity (Wildman–Crippen MR) is 116 cm³/mol.